The van der Waals surface area contributed by atoms with Crippen LogP contribution in [0.1, 0.15) is 24.2 Å². The van der Waals surface area contributed by atoms with Gasteiger partial charge in [-0.05, 0) is 19.1 Å². The molecule has 0 bridgehead atoms. The zero-order valence-electron chi connectivity index (χ0n) is 7.80. The fraction of sp³-hybridized carbons (Fsp3) is 0.500. The summed E-state index contributed by atoms with van der Waals surface area (Å²) in [5.41, 5.74) is -0.343. The van der Waals surface area contributed by atoms with Crippen LogP contribution in [0.15, 0.2) is 18.2 Å². The number of hydrogen-bond acceptors (Lipinski definition) is 2. The van der Waals surface area contributed by atoms with Gasteiger partial charge in [-0.2, -0.15) is 0 Å². The van der Waals surface area contributed by atoms with Crippen LogP contribution in [0.2, 0.25) is 0 Å². The Balaban J connectivity index is 2.25. The highest BCUT2D eigenvalue weighted by Gasteiger charge is 2.57. The molecule has 0 saturated heterocycles. The van der Waals surface area contributed by atoms with E-state index in [0.717, 1.165) is 5.69 Å². The van der Waals surface area contributed by atoms with E-state index in [2.05, 4.69) is 4.98 Å². The van der Waals surface area contributed by atoms with Crippen LogP contribution >= 0.6 is 0 Å². The van der Waals surface area contributed by atoms with E-state index in [-0.39, 0.29) is 0 Å². The van der Waals surface area contributed by atoms with Crippen molar-refractivity contribution in [2.75, 3.05) is 0 Å². The molecule has 1 N–H and O–H groups in total. The predicted molar refractivity (Wildman–Crippen MR) is 47.1 cm³/mol. The molecule has 1 saturated carbocycles. The van der Waals surface area contributed by atoms with Crippen LogP contribution in [0, 0.1) is 6.92 Å². The molecule has 0 aromatic carbocycles. The second kappa shape index (κ2) is 2.73. The number of nitrogens with zero attached hydrogens (tertiary/aromatic N) is 1. The second-order valence-corrected chi connectivity index (χ2v) is 3.91. The van der Waals surface area contributed by atoms with Gasteiger partial charge in [0.1, 0.15) is 5.60 Å². The van der Waals surface area contributed by atoms with Gasteiger partial charge in [-0.3, -0.25) is 4.98 Å². The predicted octanol–water partition coefficient (Wildman–Crippen LogP) is 2.01. The summed E-state index contributed by atoms with van der Waals surface area (Å²) < 4.78 is 25.3. The number of halogens is 2. The summed E-state index contributed by atoms with van der Waals surface area (Å²) in [7, 11) is 0. The highest BCUT2D eigenvalue weighted by Crippen LogP contribution is 2.50. The second-order valence-electron chi connectivity index (χ2n) is 3.91. The van der Waals surface area contributed by atoms with Crippen LogP contribution in [-0.2, 0) is 5.60 Å². The lowest BCUT2D eigenvalue weighted by Gasteiger charge is -2.42. The number of aliphatic hydroxyl groups is 1. The molecular formula is C10H11F2NO. The largest absolute Gasteiger partial charge is 0.383 e. The van der Waals surface area contributed by atoms with E-state index in [0.29, 0.717) is 5.69 Å². The minimum absolute atomic E-state index is 0.350. The molecule has 1 heterocycles. The molecule has 1 aromatic heterocycles. The Hall–Kier alpha value is -1.03. The Morgan fingerprint density at radius 3 is 2.50 bits per heavy atom. The Bertz CT molecular complexity index is 357. The van der Waals surface area contributed by atoms with Gasteiger partial charge >= 0.3 is 0 Å². The molecule has 76 valence electrons. The summed E-state index contributed by atoms with van der Waals surface area (Å²) >= 11 is 0. The molecule has 2 nitrogen and oxygen atoms in total. The molecule has 0 spiro atoms. The molecule has 0 unspecified atom stereocenters. The molecular weight excluding hydrogens is 188 g/mol. The average Bonchev–Trinajstić information content (AvgIpc) is 2.00. The van der Waals surface area contributed by atoms with E-state index in [9.17, 15) is 13.9 Å². The lowest BCUT2D eigenvalue weighted by atomic mass is 9.74. The first-order chi connectivity index (χ1) is 6.41. The number of hydrogen-bond donors (Lipinski definition) is 1. The van der Waals surface area contributed by atoms with Crippen LogP contribution in [-0.4, -0.2) is 16.0 Å². The van der Waals surface area contributed by atoms with Crippen molar-refractivity contribution < 1.29 is 13.9 Å². The number of pyridine rings is 1. The molecule has 0 amide bonds. The smallest absolute Gasteiger partial charge is 0.254 e. The van der Waals surface area contributed by atoms with Crippen molar-refractivity contribution in [2.24, 2.45) is 0 Å². The third kappa shape index (κ3) is 1.50. The minimum atomic E-state index is -2.74. The first-order valence-electron chi connectivity index (χ1n) is 4.46. The average molecular weight is 199 g/mol. The van der Waals surface area contributed by atoms with Gasteiger partial charge in [-0.1, -0.05) is 6.07 Å². The van der Waals surface area contributed by atoms with Crippen molar-refractivity contribution in [3.63, 3.8) is 0 Å². The monoisotopic (exact) mass is 199 g/mol. The number of aryl methyl sites for hydroxylation is 1. The maximum absolute atomic E-state index is 12.6. The molecule has 14 heavy (non-hydrogen) atoms. The van der Waals surface area contributed by atoms with Gasteiger partial charge in [0.25, 0.3) is 5.92 Å². The maximum Gasteiger partial charge on any atom is 0.254 e. The van der Waals surface area contributed by atoms with Crippen LogP contribution < -0.4 is 0 Å². The molecule has 0 radical (unpaired) electrons. The maximum atomic E-state index is 12.6. The Morgan fingerprint density at radius 1 is 1.36 bits per heavy atom. The lowest BCUT2D eigenvalue weighted by molar-refractivity contribution is -0.212. The summed E-state index contributed by atoms with van der Waals surface area (Å²) in [6, 6.07) is 5.07. The molecule has 1 fully saturated rings. The van der Waals surface area contributed by atoms with Crippen LogP contribution in [0.4, 0.5) is 8.78 Å². The van der Waals surface area contributed by atoms with Crippen LogP contribution in [0.25, 0.3) is 0 Å². The van der Waals surface area contributed by atoms with Gasteiger partial charge in [-0.25, -0.2) is 8.78 Å². The number of aromatic nitrogens is 1. The fourth-order valence-electron chi connectivity index (χ4n) is 1.79. The summed E-state index contributed by atoms with van der Waals surface area (Å²) in [6.07, 6.45) is -1.03. The van der Waals surface area contributed by atoms with E-state index >= 15 is 0 Å². The molecule has 0 aliphatic heterocycles. The van der Waals surface area contributed by atoms with Gasteiger partial charge in [-0.15, -0.1) is 0 Å². The van der Waals surface area contributed by atoms with Crippen LogP contribution in [0.3, 0.4) is 0 Å². The molecule has 1 aliphatic rings. The number of rotatable bonds is 1. The third-order valence-corrected chi connectivity index (χ3v) is 2.47. The summed E-state index contributed by atoms with van der Waals surface area (Å²) in [5, 5.41) is 9.80. The summed E-state index contributed by atoms with van der Waals surface area (Å²) in [6.45, 7) is 1.77. The zero-order chi connectivity index (χ0) is 10.4. The van der Waals surface area contributed by atoms with E-state index < -0.39 is 24.4 Å². The molecule has 1 aromatic rings. The van der Waals surface area contributed by atoms with E-state index in [4.69, 9.17) is 0 Å². The van der Waals surface area contributed by atoms with Crippen LogP contribution in [0.5, 0.6) is 0 Å². The van der Waals surface area contributed by atoms with Crippen molar-refractivity contribution in [1.82, 2.24) is 4.98 Å². The summed E-state index contributed by atoms with van der Waals surface area (Å²) in [4.78, 5) is 4.05. The van der Waals surface area contributed by atoms with Crippen molar-refractivity contribution in [2.45, 2.75) is 31.3 Å². The number of alkyl halides is 2. The van der Waals surface area contributed by atoms with Crippen molar-refractivity contribution >= 4 is 0 Å². The Kier molecular flexibility index (Phi) is 1.86. The van der Waals surface area contributed by atoms with Gasteiger partial charge in [0.15, 0.2) is 0 Å². The third-order valence-electron chi connectivity index (χ3n) is 2.47. The van der Waals surface area contributed by atoms with Crippen molar-refractivity contribution in [3.05, 3.63) is 29.6 Å². The molecule has 2 rings (SSSR count). The van der Waals surface area contributed by atoms with Gasteiger partial charge in [0.05, 0.1) is 5.69 Å². The first kappa shape index (κ1) is 9.52. The van der Waals surface area contributed by atoms with E-state index in [1.165, 1.54) is 0 Å². The van der Waals surface area contributed by atoms with Crippen molar-refractivity contribution in [3.8, 4) is 0 Å². The van der Waals surface area contributed by atoms with Crippen molar-refractivity contribution in [1.29, 1.82) is 0 Å². The lowest BCUT2D eigenvalue weighted by Crippen LogP contribution is -2.49. The van der Waals surface area contributed by atoms with Gasteiger partial charge < -0.3 is 5.11 Å². The highest BCUT2D eigenvalue weighted by molar-refractivity contribution is 5.21. The standard InChI is InChI=1S/C10H11F2NO/c1-7-3-2-4-8(13-7)9(14)5-10(11,12)6-9/h2-4,14H,5-6H2,1H3. The molecule has 1 aliphatic carbocycles. The quantitative estimate of drug-likeness (QED) is 0.750. The normalized spacial score (nSPS) is 22.9. The molecule has 4 heteroatoms. The summed E-state index contributed by atoms with van der Waals surface area (Å²) in [5.74, 6) is -2.74. The Labute approximate surface area is 80.6 Å². The molecule has 0 atom stereocenters. The van der Waals surface area contributed by atoms with E-state index in [1.54, 1.807) is 25.1 Å². The Morgan fingerprint density at radius 2 is 2.00 bits per heavy atom. The minimum Gasteiger partial charge on any atom is -0.383 e. The first-order valence-corrected chi connectivity index (χ1v) is 4.46. The fourth-order valence-corrected chi connectivity index (χ4v) is 1.79. The van der Waals surface area contributed by atoms with Gasteiger partial charge in [0.2, 0.25) is 0 Å². The van der Waals surface area contributed by atoms with Gasteiger partial charge in [0, 0.05) is 18.5 Å². The highest BCUT2D eigenvalue weighted by atomic mass is 19.3. The zero-order valence-corrected chi connectivity index (χ0v) is 7.80. The van der Waals surface area contributed by atoms with E-state index in [1.807, 2.05) is 0 Å². The SMILES string of the molecule is Cc1cccc(C2(O)CC(F)(F)C2)n1. The topological polar surface area (TPSA) is 33.1 Å².